The zero-order valence-electron chi connectivity index (χ0n) is 10.9. The number of halogens is 1. The van der Waals surface area contributed by atoms with Crippen molar-refractivity contribution >= 4 is 24.8 Å². The molecule has 0 radical (unpaired) electrons. The Morgan fingerprint density at radius 3 is 2.50 bits per heavy atom. The van der Waals surface area contributed by atoms with E-state index in [1.807, 2.05) is 4.31 Å². The van der Waals surface area contributed by atoms with Crippen LogP contribution in [0.4, 0.5) is 4.39 Å². The first-order valence-electron chi connectivity index (χ1n) is 5.98. The fourth-order valence-corrected chi connectivity index (χ4v) is 4.16. The van der Waals surface area contributed by atoms with E-state index in [2.05, 4.69) is 19.9 Å². The summed E-state index contributed by atoms with van der Waals surface area (Å²) >= 11 is 0. The first-order chi connectivity index (χ1) is 8.54. The molecule has 0 saturated carbocycles. The van der Waals surface area contributed by atoms with Gasteiger partial charge in [0.1, 0.15) is 24.3 Å². The maximum Gasteiger partial charge on any atom is 0.169 e. The van der Waals surface area contributed by atoms with Crippen LogP contribution in [0, 0.1) is 5.82 Å². The molecule has 1 aromatic carbocycles. The van der Waals surface area contributed by atoms with Gasteiger partial charge in [0.2, 0.25) is 0 Å². The fourth-order valence-electron chi connectivity index (χ4n) is 1.51. The topological polar surface area (TPSA) is 20.3 Å². The van der Waals surface area contributed by atoms with E-state index in [9.17, 15) is 8.60 Å². The summed E-state index contributed by atoms with van der Waals surface area (Å²) in [4.78, 5) is 0.657. The molecule has 100 valence electrons. The quantitative estimate of drug-likeness (QED) is 0.704. The van der Waals surface area contributed by atoms with E-state index in [1.165, 1.54) is 12.1 Å². The van der Waals surface area contributed by atoms with Crippen molar-refractivity contribution in [1.29, 1.82) is 0 Å². The van der Waals surface area contributed by atoms with Crippen LogP contribution < -0.4 is 0 Å². The molecule has 18 heavy (non-hydrogen) atoms. The molecule has 0 aliphatic carbocycles. The Morgan fingerprint density at radius 1 is 1.39 bits per heavy atom. The molecule has 1 aromatic rings. The van der Waals surface area contributed by atoms with Crippen molar-refractivity contribution < 1.29 is 8.60 Å². The van der Waals surface area contributed by atoms with Crippen LogP contribution in [0.2, 0.25) is 0 Å². The maximum absolute atomic E-state index is 12.8. The van der Waals surface area contributed by atoms with Gasteiger partial charge in [0.25, 0.3) is 0 Å². The molecule has 1 rings (SSSR count). The second-order valence-electron chi connectivity index (χ2n) is 4.26. The summed E-state index contributed by atoms with van der Waals surface area (Å²) in [5.74, 6) is -0.300. The molecule has 2 atom stereocenters. The third-order valence-electron chi connectivity index (χ3n) is 2.41. The summed E-state index contributed by atoms with van der Waals surface area (Å²) in [6.45, 7) is 4.97. The molecule has 0 amide bonds. The Bertz CT molecular complexity index is 422. The second kappa shape index (κ2) is 7.78. The lowest BCUT2D eigenvalue weighted by Crippen LogP contribution is -2.27. The van der Waals surface area contributed by atoms with Crippen LogP contribution >= 0.6 is 7.55 Å². The van der Waals surface area contributed by atoms with Crippen LogP contribution in [-0.4, -0.2) is 34.3 Å². The summed E-state index contributed by atoms with van der Waals surface area (Å²) in [6.07, 6.45) is 6.83. The number of unbranched alkanes of at least 4 members (excludes halogenated alkanes) is 1. The summed E-state index contributed by atoms with van der Waals surface area (Å²) < 4.78 is 27.2. The lowest BCUT2D eigenvalue weighted by Gasteiger charge is -2.17. The SMILES string of the molecule is C=[P+](C)CN(CCCC)S(=O)c1ccc(F)cc1. The summed E-state index contributed by atoms with van der Waals surface area (Å²) in [7, 11) is -1.59. The number of rotatable bonds is 7. The van der Waals surface area contributed by atoms with Gasteiger partial charge in [-0.3, -0.25) is 0 Å². The van der Waals surface area contributed by atoms with Crippen molar-refractivity contribution in [3.63, 3.8) is 0 Å². The van der Waals surface area contributed by atoms with Crippen molar-refractivity contribution in [2.24, 2.45) is 0 Å². The van der Waals surface area contributed by atoms with Crippen molar-refractivity contribution in [2.45, 2.75) is 24.7 Å². The van der Waals surface area contributed by atoms with Crippen LogP contribution in [0.3, 0.4) is 0 Å². The maximum atomic E-state index is 12.8. The molecular weight excluding hydrogens is 268 g/mol. The average molecular weight is 288 g/mol. The van der Waals surface area contributed by atoms with E-state index in [0.29, 0.717) is 4.90 Å². The van der Waals surface area contributed by atoms with Gasteiger partial charge in [-0.25, -0.2) is 8.60 Å². The summed E-state index contributed by atoms with van der Waals surface area (Å²) in [6, 6.07) is 5.88. The molecular formula is C13H20FNOPS+. The largest absolute Gasteiger partial charge is 0.237 e. The third kappa shape index (κ3) is 4.97. The summed E-state index contributed by atoms with van der Waals surface area (Å²) in [5, 5.41) is 0. The van der Waals surface area contributed by atoms with Crippen LogP contribution in [0.5, 0.6) is 0 Å². The minimum absolute atomic E-state index is 0.300. The smallest absolute Gasteiger partial charge is 0.169 e. The highest BCUT2D eigenvalue weighted by Gasteiger charge is 2.18. The standard InChI is InChI=1S/C13H20FNOPS/c1-4-5-10-15(11-17(2)3)18(16)13-8-6-12(14)7-9-13/h6-9H,2,4-5,10-11H2,1,3H3/q+1. The summed E-state index contributed by atoms with van der Waals surface area (Å²) in [5.41, 5.74) is 0. The molecule has 0 bridgehead atoms. The fraction of sp³-hybridized carbons (Fsp3) is 0.462. The first kappa shape index (κ1) is 15.5. The Balaban J connectivity index is 2.80. The van der Waals surface area contributed by atoms with Gasteiger partial charge >= 0.3 is 0 Å². The van der Waals surface area contributed by atoms with Gasteiger partial charge in [-0.2, -0.15) is 4.31 Å². The van der Waals surface area contributed by atoms with Gasteiger partial charge < -0.3 is 0 Å². The molecule has 2 unspecified atom stereocenters. The predicted molar refractivity (Wildman–Crippen MR) is 79.3 cm³/mol. The van der Waals surface area contributed by atoms with Crippen molar-refractivity contribution in [1.82, 2.24) is 4.31 Å². The predicted octanol–water partition coefficient (Wildman–Crippen LogP) is 3.45. The number of nitrogens with zero attached hydrogens (tertiary/aromatic N) is 1. The second-order valence-corrected chi connectivity index (χ2v) is 7.74. The van der Waals surface area contributed by atoms with E-state index in [1.54, 1.807) is 12.1 Å². The molecule has 0 fully saturated rings. The van der Waals surface area contributed by atoms with Gasteiger partial charge in [0.15, 0.2) is 6.29 Å². The lowest BCUT2D eigenvalue weighted by atomic mass is 10.3. The van der Waals surface area contributed by atoms with Crippen molar-refractivity contribution in [3.8, 4) is 0 Å². The number of hydrogen-bond acceptors (Lipinski definition) is 1. The highest BCUT2D eigenvalue weighted by Crippen LogP contribution is 2.20. The minimum atomic E-state index is -1.21. The molecule has 0 N–H and O–H groups in total. The number of benzene rings is 1. The molecule has 0 aliphatic heterocycles. The monoisotopic (exact) mass is 288 g/mol. The Labute approximate surface area is 112 Å². The molecule has 0 spiro atoms. The molecule has 5 heteroatoms. The van der Waals surface area contributed by atoms with Gasteiger partial charge in [0.05, 0.1) is 17.9 Å². The van der Waals surface area contributed by atoms with Gasteiger partial charge in [0, 0.05) is 6.54 Å². The lowest BCUT2D eigenvalue weighted by molar-refractivity contribution is 0.488. The number of hydrogen-bond donors (Lipinski definition) is 0. The molecule has 2 nitrogen and oxygen atoms in total. The van der Waals surface area contributed by atoms with E-state index >= 15 is 0 Å². The Kier molecular flexibility index (Phi) is 6.69. The van der Waals surface area contributed by atoms with Crippen molar-refractivity contribution in [2.75, 3.05) is 19.5 Å². The van der Waals surface area contributed by atoms with Crippen LogP contribution in [-0.2, 0) is 11.0 Å². The van der Waals surface area contributed by atoms with Crippen LogP contribution in [0.15, 0.2) is 29.2 Å². The normalized spacial score (nSPS) is 13.7. The highest BCUT2D eigenvalue weighted by molar-refractivity contribution is 7.83. The Morgan fingerprint density at radius 2 is 2.00 bits per heavy atom. The minimum Gasteiger partial charge on any atom is -0.237 e. The van der Waals surface area contributed by atoms with E-state index in [-0.39, 0.29) is 13.4 Å². The van der Waals surface area contributed by atoms with Gasteiger partial charge in [-0.1, -0.05) is 13.3 Å². The molecule has 0 aliphatic rings. The van der Waals surface area contributed by atoms with Gasteiger partial charge in [-0.15, -0.1) is 0 Å². The highest BCUT2D eigenvalue weighted by atomic mass is 32.2. The van der Waals surface area contributed by atoms with Crippen LogP contribution in [0.1, 0.15) is 19.8 Å². The average Bonchev–Trinajstić information content (AvgIpc) is 2.34. The first-order valence-corrected chi connectivity index (χ1v) is 9.25. The van der Waals surface area contributed by atoms with Gasteiger partial charge in [-0.05, 0) is 30.7 Å². The zero-order valence-corrected chi connectivity index (χ0v) is 12.6. The third-order valence-corrected chi connectivity index (χ3v) is 4.88. The van der Waals surface area contributed by atoms with E-state index in [0.717, 1.165) is 25.7 Å². The zero-order chi connectivity index (χ0) is 13.5. The van der Waals surface area contributed by atoms with E-state index in [4.69, 9.17) is 0 Å². The van der Waals surface area contributed by atoms with E-state index < -0.39 is 11.0 Å². The molecule has 0 heterocycles. The Hall–Kier alpha value is -0.570. The van der Waals surface area contributed by atoms with Crippen LogP contribution in [0.25, 0.3) is 0 Å². The molecule has 0 aromatic heterocycles. The molecule has 0 saturated heterocycles. The van der Waals surface area contributed by atoms with Crippen molar-refractivity contribution in [3.05, 3.63) is 30.1 Å².